The number of amides is 1. The number of nitrogens with zero attached hydrogens (tertiary/aromatic N) is 4. The number of hydrogen-bond acceptors (Lipinski definition) is 6. The highest BCUT2D eigenvalue weighted by molar-refractivity contribution is 6.33. The Bertz CT molecular complexity index is 1190. The predicted molar refractivity (Wildman–Crippen MR) is 131 cm³/mol. The summed E-state index contributed by atoms with van der Waals surface area (Å²) in [5.41, 5.74) is 3.49. The summed E-state index contributed by atoms with van der Waals surface area (Å²) in [5, 5.41) is 10.5. The van der Waals surface area contributed by atoms with Crippen molar-refractivity contribution in [3.63, 3.8) is 0 Å². The van der Waals surface area contributed by atoms with Gasteiger partial charge < -0.3 is 20.2 Å². The molecule has 1 amide bonds. The minimum absolute atomic E-state index is 0.225. The van der Waals surface area contributed by atoms with E-state index >= 15 is 0 Å². The number of aryl methyl sites for hydroxylation is 1. The summed E-state index contributed by atoms with van der Waals surface area (Å²) in [6, 6.07) is 13.4. The molecule has 0 bridgehead atoms. The maximum Gasteiger partial charge on any atom is 0.490 e. The Morgan fingerprint density at radius 2 is 1.56 bits per heavy atom. The number of benzene rings is 1. The van der Waals surface area contributed by atoms with Gasteiger partial charge in [0.15, 0.2) is 0 Å². The van der Waals surface area contributed by atoms with E-state index in [0.29, 0.717) is 16.4 Å². The van der Waals surface area contributed by atoms with Crippen molar-refractivity contribution in [2.75, 3.05) is 41.3 Å². The second-order valence-electron chi connectivity index (χ2n) is 7.83. The minimum atomic E-state index is -5.08. The minimum Gasteiger partial charge on any atom is -0.475 e. The first-order valence-corrected chi connectivity index (χ1v) is 11.2. The lowest BCUT2D eigenvalue weighted by molar-refractivity contribution is -0.192. The summed E-state index contributed by atoms with van der Waals surface area (Å²) in [6.45, 7) is 5.37. The first-order valence-electron chi connectivity index (χ1n) is 10.8. The van der Waals surface area contributed by atoms with Crippen molar-refractivity contribution in [1.29, 1.82) is 0 Å². The first-order chi connectivity index (χ1) is 17.0. The van der Waals surface area contributed by atoms with Gasteiger partial charge in [-0.3, -0.25) is 9.78 Å². The molecule has 0 spiro atoms. The molecular weight excluding hydrogens is 499 g/mol. The molecule has 3 heterocycles. The topological polar surface area (TPSA) is 98.7 Å². The van der Waals surface area contributed by atoms with Crippen LogP contribution < -0.4 is 15.1 Å². The quantitative estimate of drug-likeness (QED) is 0.515. The Labute approximate surface area is 210 Å². The van der Waals surface area contributed by atoms with Crippen molar-refractivity contribution in [1.82, 2.24) is 9.97 Å². The normalized spacial score (nSPS) is 13.5. The molecule has 2 N–H and O–H groups in total. The van der Waals surface area contributed by atoms with Crippen LogP contribution in [0.1, 0.15) is 15.9 Å². The maximum atomic E-state index is 12.5. The van der Waals surface area contributed by atoms with E-state index in [4.69, 9.17) is 21.5 Å². The number of hydrogen-bond donors (Lipinski definition) is 2. The molecule has 1 aliphatic heterocycles. The zero-order valence-corrected chi connectivity index (χ0v) is 19.9. The number of halogens is 4. The second kappa shape index (κ2) is 11.7. The van der Waals surface area contributed by atoms with Gasteiger partial charge in [0.1, 0.15) is 5.82 Å². The molecule has 0 atom stereocenters. The molecule has 3 aromatic rings. The van der Waals surface area contributed by atoms with E-state index in [1.807, 2.05) is 43.3 Å². The molecule has 0 unspecified atom stereocenters. The molecule has 0 saturated carbocycles. The van der Waals surface area contributed by atoms with Gasteiger partial charge in [0, 0.05) is 56.1 Å². The number of rotatable bonds is 4. The zero-order valence-electron chi connectivity index (χ0n) is 19.2. The molecule has 2 aromatic heterocycles. The fourth-order valence-electron chi connectivity index (χ4n) is 3.36. The zero-order chi connectivity index (χ0) is 26.3. The van der Waals surface area contributed by atoms with Crippen molar-refractivity contribution in [3.05, 3.63) is 77.2 Å². The molecule has 36 heavy (non-hydrogen) atoms. The van der Waals surface area contributed by atoms with E-state index < -0.39 is 12.1 Å². The van der Waals surface area contributed by atoms with Crippen LogP contribution in [0.2, 0.25) is 5.02 Å². The Morgan fingerprint density at radius 1 is 1.00 bits per heavy atom. The number of aromatic nitrogens is 2. The van der Waals surface area contributed by atoms with Crippen LogP contribution in [0, 0.1) is 6.92 Å². The molecule has 8 nitrogen and oxygen atoms in total. The van der Waals surface area contributed by atoms with Crippen LogP contribution in [-0.4, -0.2) is 59.3 Å². The van der Waals surface area contributed by atoms with Crippen molar-refractivity contribution >= 4 is 40.7 Å². The smallest absolute Gasteiger partial charge is 0.475 e. The lowest BCUT2D eigenvalue weighted by Gasteiger charge is -2.37. The fourth-order valence-corrected chi connectivity index (χ4v) is 3.64. The summed E-state index contributed by atoms with van der Waals surface area (Å²) in [5.74, 6) is -2.27. The van der Waals surface area contributed by atoms with E-state index in [9.17, 15) is 18.0 Å². The summed E-state index contributed by atoms with van der Waals surface area (Å²) < 4.78 is 31.7. The second-order valence-corrected chi connectivity index (χ2v) is 8.24. The first kappa shape index (κ1) is 26.7. The summed E-state index contributed by atoms with van der Waals surface area (Å²) in [4.78, 5) is 34.4. The van der Waals surface area contributed by atoms with E-state index in [2.05, 4.69) is 25.1 Å². The molecule has 0 radical (unpaired) electrons. The Morgan fingerprint density at radius 3 is 2.08 bits per heavy atom. The van der Waals surface area contributed by atoms with Gasteiger partial charge in [-0.05, 0) is 37.3 Å². The number of anilines is 3. The number of piperazine rings is 1. The maximum absolute atomic E-state index is 12.5. The van der Waals surface area contributed by atoms with Crippen LogP contribution in [0.5, 0.6) is 0 Å². The molecule has 1 aromatic carbocycles. The van der Waals surface area contributed by atoms with E-state index in [-0.39, 0.29) is 5.91 Å². The Hall–Kier alpha value is -3.86. The molecular formula is C24H23ClF3N5O3. The highest BCUT2D eigenvalue weighted by Gasteiger charge is 2.38. The van der Waals surface area contributed by atoms with E-state index in [1.165, 1.54) is 5.69 Å². The molecule has 1 saturated heterocycles. The fraction of sp³-hybridized carbons (Fsp3) is 0.250. The van der Waals surface area contributed by atoms with Gasteiger partial charge in [-0.15, -0.1) is 0 Å². The monoisotopic (exact) mass is 521 g/mol. The van der Waals surface area contributed by atoms with E-state index in [1.54, 1.807) is 24.7 Å². The van der Waals surface area contributed by atoms with E-state index in [0.717, 1.165) is 37.4 Å². The lowest BCUT2D eigenvalue weighted by atomic mass is 10.2. The number of alkyl halides is 3. The van der Waals surface area contributed by atoms with Gasteiger partial charge in [-0.2, -0.15) is 13.2 Å². The standard InChI is InChI=1S/C22H22ClN5O.C2HF3O2/c1-16-2-4-18(5-3-16)26-22(29)17-14-20(23)21(25-15-17)28-12-10-27(11-13-28)19-6-8-24-9-7-19;3-2(4,5)1(6)7/h2-9,14-15H,10-13H2,1H3,(H,26,29);(H,6,7). The molecule has 12 heteroatoms. The van der Waals surface area contributed by atoms with Gasteiger partial charge in [-0.1, -0.05) is 29.3 Å². The Kier molecular flexibility index (Phi) is 8.70. The summed E-state index contributed by atoms with van der Waals surface area (Å²) in [7, 11) is 0. The lowest BCUT2D eigenvalue weighted by Crippen LogP contribution is -2.47. The van der Waals surface area contributed by atoms with Crippen molar-refractivity contribution in [2.45, 2.75) is 13.1 Å². The predicted octanol–water partition coefficient (Wildman–Crippen LogP) is 4.65. The van der Waals surface area contributed by atoms with Crippen LogP contribution in [0.25, 0.3) is 0 Å². The van der Waals surface area contributed by atoms with Crippen LogP contribution in [0.15, 0.2) is 61.1 Å². The third-order valence-corrected chi connectivity index (χ3v) is 5.52. The number of carbonyl (C=O) groups is 2. The molecule has 0 aliphatic carbocycles. The van der Waals surface area contributed by atoms with Crippen molar-refractivity contribution in [2.24, 2.45) is 0 Å². The molecule has 4 rings (SSSR count). The van der Waals surface area contributed by atoms with Crippen molar-refractivity contribution in [3.8, 4) is 0 Å². The number of pyridine rings is 2. The van der Waals surface area contributed by atoms with Crippen molar-refractivity contribution < 1.29 is 27.9 Å². The van der Waals surface area contributed by atoms with Gasteiger partial charge in [0.2, 0.25) is 0 Å². The number of carboxylic acids is 1. The van der Waals surface area contributed by atoms with Crippen LogP contribution in [0.3, 0.4) is 0 Å². The number of carboxylic acid groups (broad SMARTS) is 1. The third kappa shape index (κ3) is 7.32. The SMILES string of the molecule is Cc1ccc(NC(=O)c2cnc(N3CCN(c4ccncc4)CC3)c(Cl)c2)cc1.O=C(O)C(F)(F)F. The highest BCUT2D eigenvalue weighted by atomic mass is 35.5. The summed E-state index contributed by atoms with van der Waals surface area (Å²) >= 11 is 6.48. The van der Waals surface area contributed by atoms with Gasteiger partial charge in [0.05, 0.1) is 10.6 Å². The average Bonchev–Trinajstić information content (AvgIpc) is 2.86. The van der Waals surface area contributed by atoms with Gasteiger partial charge in [0.25, 0.3) is 5.91 Å². The van der Waals surface area contributed by atoms with Crippen LogP contribution in [-0.2, 0) is 4.79 Å². The molecule has 1 aliphatic rings. The largest absolute Gasteiger partial charge is 0.490 e. The van der Waals surface area contributed by atoms with Crippen LogP contribution >= 0.6 is 11.6 Å². The van der Waals surface area contributed by atoms with Gasteiger partial charge >= 0.3 is 12.1 Å². The average molecular weight is 522 g/mol. The Balaban J connectivity index is 0.000000454. The summed E-state index contributed by atoms with van der Waals surface area (Å²) in [6.07, 6.45) is 0.112. The number of carbonyl (C=O) groups excluding carboxylic acids is 1. The molecule has 1 fully saturated rings. The number of aliphatic carboxylic acids is 1. The molecule has 190 valence electrons. The van der Waals surface area contributed by atoms with Gasteiger partial charge in [-0.25, -0.2) is 9.78 Å². The number of nitrogens with one attached hydrogen (secondary N) is 1. The third-order valence-electron chi connectivity index (χ3n) is 5.24. The van der Waals surface area contributed by atoms with Crippen LogP contribution in [0.4, 0.5) is 30.4 Å². The highest BCUT2D eigenvalue weighted by Crippen LogP contribution is 2.26.